The number of rotatable bonds is 4. The lowest BCUT2D eigenvalue weighted by Crippen LogP contribution is -2.53. The Kier molecular flexibility index (Phi) is 5.84. The normalized spacial score (nSPS) is 14.8. The van der Waals surface area contributed by atoms with Gasteiger partial charge in [0.25, 0.3) is 0 Å². The predicted molar refractivity (Wildman–Crippen MR) is 89.6 cm³/mol. The maximum absolute atomic E-state index is 12.1. The van der Waals surface area contributed by atoms with Gasteiger partial charge in [0.1, 0.15) is 5.75 Å². The molecule has 1 aromatic carbocycles. The van der Waals surface area contributed by atoms with Gasteiger partial charge in [0.2, 0.25) is 0 Å². The Morgan fingerprint density at radius 2 is 1.74 bits per heavy atom. The standard InChI is InChI=1S/C17H25N3O3/c1-13(2)12-18-16(21)17(22)20-10-8-19(9-11-20)14-4-6-15(23-3)7-5-14/h4-7,13H,8-12H2,1-3H3,(H,18,21). The molecule has 1 aliphatic rings. The van der Waals surface area contributed by atoms with Crippen molar-refractivity contribution in [2.75, 3.05) is 44.7 Å². The number of hydrogen-bond donors (Lipinski definition) is 1. The monoisotopic (exact) mass is 319 g/mol. The third-order valence-corrected chi connectivity index (χ3v) is 3.87. The van der Waals surface area contributed by atoms with Gasteiger partial charge >= 0.3 is 11.8 Å². The summed E-state index contributed by atoms with van der Waals surface area (Å²) in [6.45, 7) is 7.07. The van der Waals surface area contributed by atoms with Gasteiger partial charge in [-0.3, -0.25) is 9.59 Å². The van der Waals surface area contributed by atoms with Crippen molar-refractivity contribution in [2.24, 2.45) is 5.92 Å². The average molecular weight is 319 g/mol. The molecule has 1 aliphatic heterocycles. The van der Waals surface area contributed by atoms with Crippen LogP contribution in [-0.4, -0.2) is 56.5 Å². The smallest absolute Gasteiger partial charge is 0.312 e. The van der Waals surface area contributed by atoms with Gasteiger partial charge in [0.05, 0.1) is 7.11 Å². The van der Waals surface area contributed by atoms with E-state index in [9.17, 15) is 9.59 Å². The van der Waals surface area contributed by atoms with E-state index in [1.807, 2.05) is 38.1 Å². The third kappa shape index (κ3) is 4.61. The van der Waals surface area contributed by atoms with Crippen LogP contribution in [-0.2, 0) is 9.59 Å². The number of methoxy groups -OCH3 is 1. The number of ether oxygens (including phenoxy) is 1. The Bertz CT molecular complexity index is 535. The molecule has 0 aliphatic carbocycles. The fourth-order valence-electron chi connectivity index (χ4n) is 2.48. The van der Waals surface area contributed by atoms with Crippen LogP contribution in [0, 0.1) is 5.92 Å². The number of piperazine rings is 1. The summed E-state index contributed by atoms with van der Waals surface area (Å²) < 4.78 is 5.16. The molecule has 6 heteroatoms. The Balaban J connectivity index is 1.85. The topological polar surface area (TPSA) is 61.9 Å². The predicted octanol–water partition coefficient (Wildman–Crippen LogP) is 1.12. The van der Waals surface area contributed by atoms with Crippen LogP contribution in [0.4, 0.5) is 5.69 Å². The number of carbonyl (C=O) groups excluding carboxylic acids is 2. The van der Waals surface area contributed by atoms with E-state index < -0.39 is 11.8 Å². The Morgan fingerprint density at radius 1 is 1.13 bits per heavy atom. The van der Waals surface area contributed by atoms with E-state index in [4.69, 9.17) is 4.74 Å². The zero-order valence-corrected chi connectivity index (χ0v) is 14.0. The minimum atomic E-state index is -0.503. The third-order valence-electron chi connectivity index (χ3n) is 3.87. The molecule has 1 heterocycles. The van der Waals surface area contributed by atoms with Gasteiger partial charge in [-0.25, -0.2) is 0 Å². The van der Waals surface area contributed by atoms with Gasteiger partial charge in [-0.15, -0.1) is 0 Å². The van der Waals surface area contributed by atoms with E-state index in [1.165, 1.54) is 0 Å². The lowest BCUT2D eigenvalue weighted by atomic mass is 10.2. The van der Waals surface area contributed by atoms with Crippen LogP contribution in [0.15, 0.2) is 24.3 Å². The van der Waals surface area contributed by atoms with Gasteiger partial charge in [-0.1, -0.05) is 13.8 Å². The Morgan fingerprint density at radius 3 is 2.26 bits per heavy atom. The van der Waals surface area contributed by atoms with Crippen molar-refractivity contribution >= 4 is 17.5 Å². The molecule has 1 saturated heterocycles. The van der Waals surface area contributed by atoms with Crippen LogP contribution in [0.5, 0.6) is 5.75 Å². The van der Waals surface area contributed by atoms with Crippen molar-refractivity contribution in [1.82, 2.24) is 10.2 Å². The van der Waals surface area contributed by atoms with Crippen LogP contribution < -0.4 is 15.0 Å². The first-order valence-electron chi connectivity index (χ1n) is 7.97. The zero-order valence-electron chi connectivity index (χ0n) is 14.0. The molecular formula is C17H25N3O3. The molecule has 0 bridgehead atoms. The minimum absolute atomic E-state index is 0.332. The molecule has 0 saturated carbocycles. The molecule has 2 amide bonds. The zero-order chi connectivity index (χ0) is 16.8. The number of carbonyl (C=O) groups is 2. The number of hydrogen-bond acceptors (Lipinski definition) is 4. The van der Waals surface area contributed by atoms with Gasteiger partial charge in [0.15, 0.2) is 0 Å². The van der Waals surface area contributed by atoms with Crippen LogP contribution in [0.2, 0.25) is 0 Å². The second-order valence-corrected chi connectivity index (χ2v) is 6.08. The van der Waals surface area contributed by atoms with E-state index in [0.29, 0.717) is 25.6 Å². The van der Waals surface area contributed by atoms with E-state index in [1.54, 1.807) is 12.0 Å². The second kappa shape index (κ2) is 7.85. The first-order valence-corrected chi connectivity index (χ1v) is 7.97. The molecule has 1 fully saturated rings. The highest BCUT2D eigenvalue weighted by atomic mass is 16.5. The van der Waals surface area contributed by atoms with Gasteiger partial charge in [0, 0.05) is 38.4 Å². The summed E-state index contributed by atoms with van der Waals surface area (Å²) in [5.74, 6) is 0.222. The Hall–Kier alpha value is -2.24. The first kappa shape index (κ1) is 17.1. The van der Waals surface area contributed by atoms with Gasteiger partial charge in [-0.2, -0.15) is 0 Å². The maximum atomic E-state index is 12.1. The fourth-order valence-corrected chi connectivity index (χ4v) is 2.48. The lowest BCUT2D eigenvalue weighted by molar-refractivity contribution is -0.146. The molecule has 0 spiro atoms. The summed E-state index contributed by atoms with van der Waals surface area (Å²) in [6.07, 6.45) is 0. The molecule has 0 atom stereocenters. The quantitative estimate of drug-likeness (QED) is 0.845. The van der Waals surface area contributed by atoms with Crippen LogP contribution in [0.1, 0.15) is 13.8 Å². The van der Waals surface area contributed by atoms with E-state index in [-0.39, 0.29) is 0 Å². The summed E-state index contributed by atoms with van der Waals surface area (Å²) in [6, 6.07) is 7.86. The molecule has 6 nitrogen and oxygen atoms in total. The summed E-state index contributed by atoms with van der Waals surface area (Å²) in [7, 11) is 1.64. The summed E-state index contributed by atoms with van der Waals surface area (Å²) >= 11 is 0. The van der Waals surface area contributed by atoms with Crippen molar-refractivity contribution < 1.29 is 14.3 Å². The van der Waals surface area contributed by atoms with Crippen molar-refractivity contribution in [3.8, 4) is 5.75 Å². The molecule has 0 unspecified atom stereocenters. The van der Waals surface area contributed by atoms with E-state index >= 15 is 0 Å². The average Bonchev–Trinajstić information content (AvgIpc) is 2.59. The van der Waals surface area contributed by atoms with E-state index in [2.05, 4.69) is 10.2 Å². The largest absolute Gasteiger partial charge is 0.497 e. The van der Waals surface area contributed by atoms with Crippen molar-refractivity contribution in [3.63, 3.8) is 0 Å². The van der Waals surface area contributed by atoms with Gasteiger partial charge in [-0.05, 0) is 30.2 Å². The summed E-state index contributed by atoms with van der Waals surface area (Å²) in [5, 5.41) is 2.68. The van der Waals surface area contributed by atoms with Crippen LogP contribution >= 0.6 is 0 Å². The van der Waals surface area contributed by atoms with Crippen molar-refractivity contribution in [1.29, 1.82) is 0 Å². The van der Waals surface area contributed by atoms with Crippen LogP contribution in [0.3, 0.4) is 0 Å². The first-order chi connectivity index (χ1) is 11.0. The number of anilines is 1. The highest BCUT2D eigenvalue weighted by Crippen LogP contribution is 2.20. The maximum Gasteiger partial charge on any atom is 0.312 e. The van der Waals surface area contributed by atoms with Crippen molar-refractivity contribution in [3.05, 3.63) is 24.3 Å². The molecule has 2 rings (SSSR count). The van der Waals surface area contributed by atoms with Gasteiger partial charge < -0.3 is 19.9 Å². The molecule has 1 aromatic rings. The number of benzene rings is 1. The minimum Gasteiger partial charge on any atom is -0.497 e. The van der Waals surface area contributed by atoms with Crippen molar-refractivity contribution in [2.45, 2.75) is 13.8 Å². The summed E-state index contributed by atoms with van der Waals surface area (Å²) in [4.78, 5) is 27.8. The second-order valence-electron chi connectivity index (χ2n) is 6.08. The molecule has 0 radical (unpaired) electrons. The van der Waals surface area contributed by atoms with Crippen LogP contribution in [0.25, 0.3) is 0 Å². The molecule has 0 aromatic heterocycles. The molecule has 23 heavy (non-hydrogen) atoms. The highest BCUT2D eigenvalue weighted by Gasteiger charge is 2.25. The Labute approximate surface area is 137 Å². The molecule has 1 N–H and O–H groups in total. The number of amides is 2. The lowest BCUT2D eigenvalue weighted by Gasteiger charge is -2.35. The molecule has 126 valence electrons. The fraction of sp³-hybridized carbons (Fsp3) is 0.529. The van der Waals surface area contributed by atoms with E-state index in [0.717, 1.165) is 24.5 Å². The SMILES string of the molecule is COc1ccc(N2CCN(C(=O)C(=O)NCC(C)C)CC2)cc1. The summed E-state index contributed by atoms with van der Waals surface area (Å²) in [5.41, 5.74) is 1.10. The number of nitrogens with one attached hydrogen (secondary N) is 1. The number of nitrogens with zero attached hydrogens (tertiary/aromatic N) is 2. The highest BCUT2D eigenvalue weighted by molar-refractivity contribution is 6.35. The molecular weight excluding hydrogens is 294 g/mol.